The number of methoxy groups -OCH3 is 1. The first kappa shape index (κ1) is 17.5. The number of ether oxygens (including phenoxy) is 1. The molecule has 0 radical (unpaired) electrons. The van der Waals surface area contributed by atoms with Gasteiger partial charge in [0.15, 0.2) is 0 Å². The monoisotopic (exact) mass is 317 g/mol. The first-order chi connectivity index (χ1) is 10.9. The van der Waals surface area contributed by atoms with Crippen LogP contribution < -0.4 is 4.74 Å². The van der Waals surface area contributed by atoms with Gasteiger partial charge in [-0.25, -0.2) is 0 Å². The number of hydrogen-bond acceptors (Lipinski definition) is 4. The SMILES string of the molecule is COc1ccc(C(CO)N(C)Cc2cn[nH]c2C(C)(C)C)cc1. The van der Waals surface area contributed by atoms with Gasteiger partial charge < -0.3 is 9.84 Å². The van der Waals surface area contributed by atoms with Gasteiger partial charge in [-0.2, -0.15) is 5.10 Å². The van der Waals surface area contributed by atoms with Crippen molar-refractivity contribution in [2.24, 2.45) is 0 Å². The molecule has 5 nitrogen and oxygen atoms in total. The number of nitrogens with one attached hydrogen (secondary N) is 1. The van der Waals surface area contributed by atoms with Gasteiger partial charge in [0.05, 0.1) is 26.0 Å². The van der Waals surface area contributed by atoms with E-state index < -0.39 is 0 Å². The highest BCUT2D eigenvalue weighted by molar-refractivity contribution is 5.30. The van der Waals surface area contributed by atoms with Crippen LogP contribution in [0.15, 0.2) is 30.5 Å². The summed E-state index contributed by atoms with van der Waals surface area (Å²) >= 11 is 0. The smallest absolute Gasteiger partial charge is 0.118 e. The normalized spacial score (nSPS) is 13.3. The Kier molecular flexibility index (Phi) is 5.44. The van der Waals surface area contributed by atoms with Crippen molar-refractivity contribution in [1.82, 2.24) is 15.1 Å². The summed E-state index contributed by atoms with van der Waals surface area (Å²) in [6.45, 7) is 7.27. The van der Waals surface area contributed by atoms with Gasteiger partial charge in [0.25, 0.3) is 0 Å². The average molecular weight is 317 g/mol. The molecule has 0 aliphatic carbocycles. The van der Waals surface area contributed by atoms with E-state index in [1.54, 1.807) is 7.11 Å². The Balaban J connectivity index is 2.17. The van der Waals surface area contributed by atoms with E-state index in [-0.39, 0.29) is 18.1 Å². The third kappa shape index (κ3) is 4.12. The van der Waals surface area contributed by atoms with Crippen LogP contribution in [-0.4, -0.2) is 41.0 Å². The number of rotatable bonds is 6. The number of aliphatic hydroxyl groups excluding tert-OH is 1. The number of nitrogens with zero attached hydrogens (tertiary/aromatic N) is 2. The molecule has 23 heavy (non-hydrogen) atoms. The van der Waals surface area contributed by atoms with Crippen LogP contribution in [0.25, 0.3) is 0 Å². The van der Waals surface area contributed by atoms with Gasteiger partial charge in [-0.1, -0.05) is 32.9 Å². The van der Waals surface area contributed by atoms with Crippen LogP contribution in [0.2, 0.25) is 0 Å². The maximum absolute atomic E-state index is 9.84. The first-order valence-corrected chi connectivity index (χ1v) is 7.84. The van der Waals surface area contributed by atoms with E-state index in [0.29, 0.717) is 0 Å². The van der Waals surface area contributed by atoms with E-state index in [1.807, 2.05) is 37.5 Å². The molecule has 0 saturated heterocycles. The fourth-order valence-corrected chi connectivity index (χ4v) is 2.78. The maximum atomic E-state index is 9.84. The lowest BCUT2D eigenvalue weighted by molar-refractivity contribution is 0.142. The van der Waals surface area contributed by atoms with Crippen LogP contribution in [0.4, 0.5) is 0 Å². The quantitative estimate of drug-likeness (QED) is 0.860. The zero-order valence-corrected chi connectivity index (χ0v) is 14.6. The second-order valence-corrected chi connectivity index (χ2v) is 6.91. The third-order valence-corrected chi connectivity index (χ3v) is 4.09. The van der Waals surface area contributed by atoms with Crippen molar-refractivity contribution in [1.29, 1.82) is 0 Å². The summed E-state index contributed by atoms with van der Waals surface area (Å²) in [5.41, 5.74) is 3.38. The number of hydrogen-bond donors (Lipinski definition) is 2. The van der Waals surface area contributed by atoms with Crippen LogP contribution in [0.3, 0.4) is 0 Å². The molecule has 1 atom stereocenters. The Morgan fingerprint density at radius 2 is 1.91 bits per heavy atom. The molecule has 1 aromatic heterocycles. The Labute approximate surface area is 138 Å². The number of aromatic amines is 1. The molecular weight excluding hydrogens is 290 g/mol. The van der Waals surface area contributed by atoms with Crippen molar-refractivity contribution in [2.45, 2.75) is 38.8 Å². The molecule has 0 saturated carbocycles. The molecule has 1 aromatic carbocycles. The molecule has 2 N–H and O–H groups in total. The van der Waals surface area contributed by atoms with Gasteiger partial charge in [-0.05, 0) is 24.7 Å². The van der Waals surface area contributed by atoms with Crippen molar-refractivity contribution in [2.75, 3.05) is 20.8 Å². The van der Waals surface area contributed by atoms with Crippen LogP contribution in [0.5, 0.6) is 5.75 Å². The Morgan fingerprint density at radius 1 is 1.26 bits per heavy atom. The minimum atomic E-state index is -0.0661. The zero-order valence-electron chi connectivity index (χ0n) is 14.6. The molecule has 1 heterocycles. The Morgan fingerprint density at radius 3 is 2.43 bits per heavy atom. The summed E-state index contributed by atoms with van der Waals surface area (Å²) in [6, 6.07) is 7.77. The van der Waals surface area contributed by atoms with Gasteiger partial charge >= 0.3 is 0 Å². The molecule has 0 fully saturated rings. The lowest BCUT2D eigenvalue weighted by Gasteiger charge is -2.28. The van der Waals surface area contributed by atoms with Gasteiger partial charge in [0, 0.05) is 23.2 Å². The lowest BCUT2D eigenvalue weighted by Crippen LogP contribution is -2.28. The molecule has 5 heteroatoms. The summed E-state index contributed by atoms with van der Waals surface area (Å²) in [4.78, 5) is 2.14. The van der Waals surface area contributed by atoms with Crippen molar-refractivity contribution in [3.8, 4) is 5.75 Å². The van der Waals surface area contributed by atoms with Gasteiger partial charge in [0.1, 0.15) is 5.75 Å². The molecule has 0 aliphatic heterocycles. The highest BCUT2D eigenvalue weighted by atomic mass is 16.5. The number of likely N-dealkylation sites (N-methyl/N-ethyl adjacent to an activating group) is 1. The molecule has 0 bridgehead atoms. The van der Waals surface area contributed by atoms with Crippen LogP contribution >= 0.6 is 0 Å². The van der Waals surface area contributed by atoms with Crippen molar-refractivity contribution in [3.63, 3.8) is 0 Å². The first-order valence-electron chi connectivity index (χ1n) is 7.84. The molecule has 0 spiro atoms. The van der Waals surface area contributed by atoms with E-state index in [4.69, 9.17) is 4.74 Å². The molecule has 2 rings (SSSR count). The molecule has 0 aliphatic rings. The fourth-order valence-electron chi connectivity index (χ4n) is 2.78. The standard InChI is InChI=1S/C18H27N3O2/c1-18(2,3)17-14(10-19-20-17)11-21(4)16(12-22)13-6-8-15(23-5)9-7-13/h6-10,16,22H,11-12H2,1-5H3,(H,19,20). The zero-order chi connectivity index (χ0) is 17.0. The molecular formula is C18H27N3O2. The highest BCUT2D eigenvalue weighted by Gasteiger charge is 2.23. The van der Waals surface area contributed by atoms with Crippen LogP contribution in [0.1, 0.15) is 43.6 Å². The Bertz CT molecular complexity index is 614. The number of aromatic nitrogens is 2. The molecule has 1 unspecified atom stereocenters. The molecule has 0 amide bonds. The predicted molar refractivity (Wildman–Crippen MR) is 91.6 cm³/mol. The number of aliphatic hydroxyl groups is 1. The summed E-state index contributed by atoms with van der Waals surface area (Å²) in [5, 5.41) is 17.1. The average Bonchev–Trinajstić information content (AvgIpc) is 2.97. The lowest BCUT2D eigenvalue weighted by atomic mass is 9.89. The topological polar surface area (TPSA) is 61.4 Å². The molecule has 126 valence electrons. The third-order valence-electron chi connectivity index (χ3n) is 4.09. The largest absolute Gasteiger partial charge is 0.497 e. The van der Waals surface area contributed by atoms with Crippen molar-refractivity contribution >= 4 is 0 Å². The summed E-state index contributed by atoms with van der Waals surface area (Å²) in [5.74, 6) is 0.818. The van der Waals surface area contributed by atoms with E-state index in [2.05, 4.69) is 35.9 Å². The van der Waals surface area contributed by atoms with E-state index in [0.717, 1.165) is 29.1 Å². The van der Waals surface area contributed by atoms with Crippen molar-refractivity contribution < 1.29 is 9.84 Å². The fraction of sp³-hybridized carbons (Fsp3) is 0.500. The summed E-state index contributed by atoms with van der Waals surface area (Å²) in [6.07, 6.45) is 1.87. The molecule has 2 aromatic rings. The highest BCUT2D eigenvalue weighted by Crippen LogP contribution is 2.27. The maximum Gasteiger partial charge on any atom is 0.118 e. The number of H-pyrrole nitrogens is 1. The number of benzene rings is 1. The van der Waals surface area contributed by atoms with Crippen LogP contribution in [-0.2, 0) is 12.0 Å². The summed E-state index contributed by atoms with van der Waals surface area (Å²) < 4.78 is 5.19. The van der Waals surface area contributed by atoms with E-state index >= 15 is 0 Å². The minimum Gasteiger partial charge on any atom is -0.497 e. The Hall–Kier alpha value is -1.85. The van der Waals surface area contributed by atoms with Gasteiger partial charge in [-0.15, -0.1) is 0 Å². The van der Waals surface area contributed by atoms with E-state index in [9.17, 15) is 5.11 Å². The van der Waals surface area contributed by atoms with Crippen LogP contribution in [0, 0.1) is 0 Å². The van der Waals surface area contributed by atoms with Crippen molar-refractivity contribution in [3.05, 3.63) is 47.3 Å². The predicted octanol–water partition coefficient (Wildman–Crippen LogP) is 2.88. The minimum absolute atomic E-state index is 0.0154. The van der Waals surface area contributed by atoms with E-state index in [1.165, 1.54) is 0 Å². The van der Waals surface area contributed by atoms with Gasteiger partial charge in [-0.3, -0.25) is 10.00 Å². The van der Waals surface area contributed by atoms with Gasteiger partial charge in [0.2, 0.25) is 0 Å². The summed E-state index contributed by atoms with van der Waals surface area (Å²) in [7, 11) is 3.67. The second-order valence-electron chi connectivity index (χ2n) is 6.91. The second kappa shape index (κ2) is 7.15.